The third kappa shape index (κ3) is 2.20. The molecule has 0 bridgehead atoms. The molecule has 2 aromatic heterocycles. The van der Waals surface area contributed by atoms with Gasteiger partial charge in [0.25, 0.3) is 0 Å². The van der Waals surface area contributed by atoms with Gasteiger partial charge in [0.05, 0.1) is 22.8 Å². The summed E-state index contributed by atoms with van der Waals surface area (Å²) in [5.74, 6) is 1.05. The molecular formula is C17H17N3S. The zero-order chi connectivity index (χ0) is 14.2. The highest BCUT2D eigenvalue weighted by Crippen LogP contribution is 2.38. The summed E-state index contributed by atoms with van der Waals surface area (Å²) in [5, 5.41) is 2.16. The number of fused-ring (bicyclic) bond motifs is 1. The van der Waals surface area contributed by atoms with Crippen molar-refractivity contribution in [3.05, 3.63) is 52.3 Å². The second-order valence-electron chi connectivity index (χ2n) is 5.49. The molecular weight excluding hydrogens is 278 g/mol. The molecule has 1 unspecified atom stereocenters. The van der Waals surface area contributed by atoms with Crippen molar-refractivity contribution in [1.82, 2.24) is 9.97 Å². The predicted octanol–water partition coefficient (Wildman–Crippen LogP) is 4.34. The van der Waals surface area contributed by atoms with E-state index < -0.39 is 0 Å². The Morgan fingerprint density at radius 2 is 1.90 bits per heavy atom. The van der Waals surface area contributed by atoms with E-state index in [2.05, 4.69) is 29.3 Å². The molecule has 0 radical (unpaired) electrons. The van der Waals surface area contributed by atoms with E-state index in [0.29, 0.717) is 6.04 Å². The predicted molar refractivity (Wildman–Crippen MR) is 87.9 cm³/mol. The molecule has 3 heterocycles. The maximum atomic E-state index is 4.88. The number of hydrogen-bond acceptors (Lipinski definition) is 4. The largest absolute Gasteiger partial charge is 0.347 e. The fraction of sp³-hybridized carbons (Fsp3) is 0.294. The first-order valence-electron chi connectivity index (χ1n) is 7.36. The van der Waals surface area contributed by atoms with Crippen molar-refractivity contribution in [3.8, 4) is 0 Å². The van der Waals surface area contributed by atoms with Crippen molar-refractivity contribution in [3.63, 3.8) is 0 Å². The number of aromatic nitrogens is 2. The van der Waals surface area contributed by atoms with Crippen molar-refractivity contribution < 1.29 is 0 Å². The summed E-state index contributed by atoms with van der Waals surface area (Å²) in [6.45, 7) is 3.13. The number of rotatable bonds is 2. The van der Waals surface area contributed by atoms with E-state index in [9.17, 15) is 0 Å². The smallest absolute Gasteiger partial charge is 0.151 e. The van der Waals surface area contributed by atoms with Gasteiger partial charge in [-0.3, -0.25) is 0 Å². The maximum absolute atomic E-state index is 4.88. The van der Waals surface area contributed by atoms with E-state index in [-0.39, 0.29) is 0 Å². The highest BCUT2D eigenvalue weighted by atomic mass is 32.1. The molecule has 3 aromatic rings. The summed E-state index contributed by atoms with van der Waals surface area (Å²) in [6, 6.07) is 12.9. The van der Waals surface area contributed by atoms with Crippen LogP contribution in [0.15, 0.2) is 41.8 Å². The lowest BCUT2D eigenvalue weighted by atomic mass is 10.2. The lowest BCUT2D eigenvalue weighted by Gasteiger charge is -2.26. The van der Waals surface area contributed by atoms with Crippen LogP contribution in [0.5, 0.6) is 0 Å². The lowest BCUT2D eigenvalue weighted by molar-refractivity contribution is 0.722. The fourth-order valence-electron chi connectivity index (χ4n) is 3.15. The molecule has 1 saturated heterocycles. The van der Waals surface area contributed by atoms with Crippen LogP contribution in [-0.2, 0) is 0 Å². The Hall–Kier alpha value is -1.94. The highest BCUT2D eigenvalue weighted by Gasteiger charge is 2.29. The molecule has 4 rings (SSSR count). The maximum Gasteiger partial charge on any atom is 0.151 e. The molecule has 0 N–H and O–H groups in total. The average Bonchev–Trinajstić information content (AvgIpc) is 3.17. The minimum absolute atomic E-state index is 0.458. The van der Waals surface area contributed by atoms with Gasteiger partial charge in [0.1, 0.15) is 0 Å². The Morgan fingerprint density at radius 1 is 1.10 bits per heavy atom. The van der Waals surface area contributed by atoms with E-state index in [1.807, 2.05) is 35.6 Å². The van der Waals surface area contributed by atoms with Crippen LogP contribution in [0.1, 0.15) is 29.5 Å². The second-order valence-corrected chi connectivity index (χ2v) is 6.47. The fourth-order valence-corrected chi connectivity index (χ4v) is 4.02. The van der Waals surface area contributed by atoms with Gasteiger partial charge in [0, 0.05) is 11.4 Å². The van der Waals surface area contributed by atoms with Gasteiger partial charge in [-0.15, -0.1) is 11.3 Å². The molecule has 21 heavy (non-hydrogen) atoms. The van der Waals surface area contributed by atoms with Gasteiger partial charge in [-0.25, -0.2) is 9.97 Å². The van der Waals surface area contributed by atoms with E-state index in [4.69, 9.17) is 9.97 Å². The molecule has 1 fully saturated rings. The normalized spacial score (nSPS) is 18.5. The molecule has 1 aliphatic heterocycles. The van der Waals surface area contributed by atoms with Crippen molar-refractivity contribution in [2.75, 3.05) is 11.4 Å². The molecule has 0 saturated carbocycles. The summed E-state index contributed by atoms with van der Waals surface area (Å²) >= 11 is 1.84. The van der Waals surface area contributed by atoms with Gasteiger partial charge in [-0.2, -0.15) is 0 Å². The van der Waals surface area contributed by atoms with Crippen molar-refractivity contribution >= 4 is 28.2 Å². The summed E-state index contributed by atoms with van der Waals surface area (Å²) in [5.41, 5.74) is 2.98. The summed E-state index contributed by atoms with van der Waals surface area (Å²) in [4.78, 5) is 13.5. The van der Waals surface area contributed by atoms with Gasteiger partial charge in [-0.05, 0) is 43.3 Å². The van der Waals surface area contributed by atoms with Gasteiger partial charge < -0.3 is 4.90 Å². The van der Waals surface area contributed by atoms with Crippen molar-refractivity contribution in [2.24, 2.45) is 0 Å². The Morgan fingerprint density at radius 3 is 2.67 bits per heavy atom. The summed E-state index contributed by atoms with van der Waals surface area (Å²) < 4.78 is 0. The van der Waals surface area contributed by atoms with Gasteiger partial charge in [-0.1, -0.05) is 18.2 Å². The number of anilines is 1. The van der Waals surface area contributed by atoms with Crippen LogP contribution in [0, 0.1) is 6.92 Å². The molecule has 106 valence electrons. The molecule has 1 aromatic carbocycles. The van der Waals surface area contributed by atoms with E-state index in [0.717, 1.165) is 29.1 Å². The molecule has 1 aliphatic rings. The first-order valence-corrected chi connectivity index (χ1v) is 8.24. The topological polar surface area (TPSA) is 29.0 Å². The molecule has 0 spiro atoms. The zero-order valence-electron chi connectivity index (χ0n) is 12.0. The second kappa shape index (κ2) is 5.11. The number of para-hydroxylation sites is 2. The van der Waals surface area contributed by atoms with Crippen molar-refractivity contribution in [1.29, 1.82) is 0 Å². The third-order valence-electron chi connectivity index (χ3n) is 4.12. The quantitative estimate of drug-likeness (QED) is 0.704. The van der Waals surface area contributed by atoms with E-state index >= 15 is 0 Å². The summed E-state index contributed by atoms with van der Waals surface area (Å²) in [6.07, 6.45) is 2.42. The van der Waals surface area contributed by atoms with Gasteiger partial charge >= 0.3 is 0 Å². The Kier molecular flexibility index (Phi) is 3.11. The third-order valence-corrected chi connectivity index (χ3v) is 5.09. The monoisotopic (exact) mass is 295 g/mol. The first-order chi connectivity index (χ1) is 10.3. The molecule has 0 aliphatic carbocycles. The number of benzene rings is 1. The Bertz CT molecular complexity index is 767. The van der Waals surface area contributed by atoms with Gasteiger partial charge in [0.2, 0.25) is 0 Å². The standard InChI is InChI=1S/C17H17N3S/c1-12-17(19-14-7-3-2-6-13(14)18-12)20-10-4-8-15(20)16-9-5-11-21-16/h2-3,5-7,9,11,15H,4,8,10H2,1H3. The molecule has 3 nitrogen and oxygen atoms in total. The summed E-state index contributed by atoms with van der Waals surface area (Å²) in [7, 11) is 0. The van der Waals surface area contributed by atoms with Gasteiger partial charge in [0.15, 0.2) is 5.82 Å². The Labute approximate surface area is 128 Å². The molecule has 1 atom stereocenters. The van der Waals surface area contributed by atoms with Crippen molar-refractivity contribution in [2.45, 2.75) is 25.8 Å². The Balaban J connectivity index is 1.80. The molecule has 0 amide bonds. The van der Waals surface area contributed by atoms with Crippen LogP contribution < -0.4 is 4.90 Å². The SMILES string of the molecule is Cc1nc2ccccc2nc1N1CCCC1c1cccs1. The van der Waals surface area contributed by atoms with Crippen LogP contribution in [0.2, 0.25) is 0 Å². The van der Waals surface area contributed by atoms with E-state index in [1.54, 1.807) is 0 Å². The first kappa shape index (κ1) is 12.8. The van der Waals surface area contributed by atoms with Crippen LogP contribution >= 0.6 is 11.3 Å². The van der Waals surface area contributed by atoms with Crippen LogP contribution in [0.4, 0.5) is 5.82 Å². The van der Waals surface area contributed by atoms with Crippen LogP contribution in [0.3, 0.4) is 0 Å². The van der Waals surface area contributed by atoms with E-state index in [1.165, 1.54) is 17.7 Å². The average molecular weight is 295 g/mol. The number of aryl methyl sites for hydroxylation is 1. The molecule has 4 heteroatoms. The number of nitrogens with zero attached hydrogens (tertiary/aromatic N) is 3. The minimum Gasteiger partial charge on any atom is -0.347 e. The minimum atomic E-state index is 0.458. The lowest BCUT2D eigenvalue weighted by Crippen LogP contribution is -2.24. The number of thiophene rings is 1. The number of hydrogen-bond donors (Lipinski definition) is 0. The van der Waals surface area contributed by atoms with Crippen LogP contribution in [-0.4, -0.2) is 16.5 Å². The zero-order valence-corrected chi connectivity index (χ0v) is 12.8. The highest BCUT2D eigenvalue weighted by molar-refractivity contribution is 7.10. The van der Waals surface area contributed by atoms with Crippen LogP contribution in [0.25, 0.3) is 11.0 Å².